The minimum Gasteiger partial charge on any atom is -0.391 e. The fraction of sp³-hybridized carbons (Fsp3) is 0.789. The topological polar surface area (TPSA) is 88.3 Å². The van der Waals surface area contributed by atoms with Crippen molar-refractivity contribution in [2.45, 2.75) is 83.4 Å². The van der Waals surface area contributed by atoms with Gasteiger partial charge < -0.3 is 10.0 Å². The molecule has 0 radical (unpaired) electrons. The predicted octanol–water partition coefficient (Wildman–Crippen LogP) is 2.07. The summed E-state index contributed by atoms with van der Waals surface area (Å²) in [5.74, 6) is 0.305. The zero-order chi connectivity index (χ0) is 18.8. The summed E-state index contributed by atoms with van der Waals surface area (Å²) in [6.45, 7) is 5.95. The van der Waals surface area contributed by atoms with Crippen LogP contribution in [0.4, 0.5) is 0 Å². The SMILES string of the molecule is CCC(=O)C1CC(O)CN1C(=O)C(C(C)C)n1cc(C2CCCC2)nn1. The highest BCUT2D eigenvalue weighted by Gasteiger charge is 2.42. The van der Waals surface area contributed by atoms with Gasteiger partial charge in [-0.15, -0.1) is 5.10 Å². The van der Waals surface area contributed by atoms with E-state index >= 15 is 0 Å². The number of aromatic nitrogens is 3. The number of aliphatic hydroxyl groups is 1. The third-order valence-corrected chi connectivity index (χ3v) is 5.75. The van der Waals surface area contributed by atoms with E-state index in [-0.39, 0.29) is 24.2 Å². The van der Waals surface area contributed by atoms with Crippen LogP contribution in [0, 0.1) is 5.92 Å². The number of carbonyl (C=O) groups excluding carboxylic acids is 2. The molecule has 1 aromatic heterocycles. The first-order valence-corrected chi connectivity index (χ1v) is 9.85. The fourth-order valence-corrected chi connectivity index (χ4v) is 4.31. The van der Waals surface area contributed by atoms with Gasteiger partial charge in [-0.1, -0.05) is 38.8 Å². The number of Topliss-reactive ketones (excluding diaryl/α,β-unsaturated/α-hetero) is 1. The molecule has 2 fully saturated rings. The molecule has 1 aliphatic heterocycles. The van der Waals surface area contributed by atoms with Crippen molar-refractivity contribution in [2.75, 3.05) is 6.54 Å². The molecule has 0 spiro atoms. The van der Waals surface area contributed by atoms with Crippen LogP contribution in [0.15, 0.2) is 6.20 Å². The number of hydrogen-bond acceptors (Lipinski definition) is 5. The molecule has 1 saturated carbocycles. The van der Waals surface area contributed by atoms with Crippen molar-refractivity contribution in [3.63, 3.8) is 0 Å². The van der Waals surface area contributed by atoms with E-state index in [0.29, 0.717) is 18.8 Å². The Balaban J connectivity index is 1.83. The Morgan fingerprint density at radius 1 is 1.31 bits per heavy atom. The first-order chi connectivity index (χ1) is 12.4. The Hall–Kier alpha value is -1.76. The Bertz CT molecular complexity index is 651. The average Bonchev–Trinajstić information content (AvgIpc) is 3.33. The van der Waals surface area contributed by atoms with Crippen molar-refractivity contribution in [1.29, 1.82) is 0 Å². The molecule has 3 atom stereocenters. The molecule has 3 unspecified atom stereocenters. The number of carbonyl (C=O) groups is 2. The summed E-state index contributed by atoms with van der Waals surface area (Å²) in [6, 6.07) is -1.03. The van der Waals surface area contributed by atoms with Gasteiger partial charge in [-0.2, -0.15) is 0 Å². The Morgan fingerprint density at radius 3 is 2.62 bits per heavy atom. The van der Waals surface area contributed by atoms with Crippen molar-refractivity contribution in [3.8, 4) is 0 Å². The van der Waals surface area contributed by atoms with Crippen molar-refractivity contribution >= 4 is 11.7 Å². The standard InChI is InChI=1S/C19H30N4O3/c1-4-17(25)16-9-14(24)10-22(16)19(26)18(12(2)3)23-11-15(20-21-23)13-7-5-6-8-13/h11-14,16,18,24H,4-10H2,1-3H3. The first kappa shape index (κ1) is 19.0. The molecule has 0 aromatic carbocycles. The van der Waals surface area contributed by atoms with Gasteiger partial charge in [0.1, 0.15) is 6.04 Å². The number of likely N-dealkylation sites (tertiary alicyclic amines) is 1. The summed E-state index contributed by atoms with van der Waals surface area (Å²) < 4.78 is 1.67. The summed E-state index contributed by atoms with van der Waals surface area (Å²) in [5.41, 5.74) is 0.962. The van der Waals surface area contributed by atoms with E-state index in [1.807, 2.05) is 20.0 Å². The second-order valence-corrected chi connectivity index (χ2v) is 8.01. The van der Waals surface area contributed by atoms with Crippen molar-refractivity contribution < 1.29 is 14.7 Å². The Kier molecular flexibility index (Phi) is 5.75. The number of aliphatic hydroxyl groups excluding tert-OH is 1. The molecule has 144 valence electrons. The van der Waals surface area contributed by atoms with Gasteiger partial charge in [0.15, 0.2) is 5.78 Å². The van der Waals surface area contributed by atoms with E-state index in [0.717, 1.165) is 18.5 Å². The minimum absolute atomic E-state index is 0.00245. The smallest absolute Gasteiger partial charge is 0.248 e. The van der Waals surface area contributed by atoms with E-state index in [4.69, 9.17) is 0 Å². The molecule has 7 nitrogen and oxygen atoms in total. The quantitative estimate of drug-likeness (QED) is 0.837. The summed E-state index contributed by atoms with van der Waals surface area (Å²) in [5, 5.41) is 18.6. The van der Waals surface area contributed by atoms with Crippen molar-refractivity contribution in [1.82, 2.24) is 19.9 Å². The Morgan fingerprint density at radius 2 is 2.00 bits per heavy atom. The highest BCUT2D eigenvalue weighted by molar-refractivity contribution is 5.91. The van der Waals surface area contributed by atoms with Gasteiger partial charge in [0.2, 0.25) is 5.91 Å². The minimum atomic E-state index is -0.642. The van der Waals surface area contributed by atoms with Crippen LogP contribution >= 0.6 is 0 Å². The number of rotatable bonds is 6. The maximum atomic E-state index is 13.3. The molecule has 1 aromatic rings. The molecule has 2 aliphatic rings. The molecule has 1 saturated heterocycles. The van der Waals surface area contributed by atoms with Crippen LogP contribution in [0.1, 0.15) is 76.9 Å². The van der Waals surface area contributed by atoms with Crippen molar-refractivity contribution in [2.24, 2.45) is 5.92 Å². The molecule has 1 amide bonds. The third kappa shape index (κ3) is 3.68. The second-order valence-electron chi connectivity index (χ2n) is 8.01. The van der Waals surface area contributed by atoms with Crippen LogP contribution in [0.5, 0.6) is 0 Å². The van der Waals surface area contributed by atoms with Gasteiger partial charge in [-0.25, -0.2) is 4.68 Å². The maximum Gasteiger partial charge on any atom is 0.248 e. The van der Waals surface area contributed by atoms with E-state index < -0.39 is 18.2 Å². The maximum absolute atomic E-state index is 13.3. The average molecular weight is 362 g/mol. The van der Waals surface area contributed by atoms with Crippen LogP contribution in [0.25, 0.3) is 0 Å². The van der Waals surface area contributed by atoms with Crippen LogP contribution in [0.2, 0.25) is 0 Å². The number of β-amino-alcohol motifs (C(OH)–C–C–N with tert-alkyl or cyclic N) is 1. The largest absolute Gasteiger partial charge is 0.391 e. The molecule has 7 heteroatoms. The molecule has 3 rings (SSSR count). The molecular formula is C19H30N4O3. The lowest BCUT2D eigenvalue weighted by Gasteiger charge is -2.29. The molecule has 2 heterocycles. The molecule has 26 heavy (non-hydrogen) atoms. The van der Waals surface area contributed by atoms with Crippen LogP contribution in [-0.4, -0.2) is 55.4 Å². The van der Waals surface area contributed by atoms with Crippen LogP contribution < -0.4 is 0 Å². The number of ketones is 1. The fourth-order valence-electron chi connectivity index (χ4n) is 4.31. The number of amides is 1. The molecule has 0 bridgehead atoms. The lowest BCUT2D eigenvalue weighted by atomic mass is 10.0. The second kappa shape index (κ2) is 7.86. The lowest BCUT2D eigenvalue weighted by molar-refractivity contribution is -0.141. The Labute approximate surface area is 154 Å². The first-order valence-electron chi connectivity index (χ1n) is 9.85. The zero-order valence-electron chi connectivity index (χ0n) is 16.0. The third-order valence-electron chi connectivity index (χ3n) is 5.75. The predicted molar refractivity (Wildman–Crippen MR) is 96.5 cm³/mol. The van der Waals surface area contributed by atoms with E-state index in [2.05, 4.69) is 10.3 Å². The summed E-state index contributed by atoms with van der Waals surface area (Å²) in [4.78, 5) is 27.1. The van der Waals surface area contributed by atoms with Gasteiger partial charge in [-0.05, 0) is 18.8 Å². The number of hydrogen-bond donors (Lipinski definition) is 1. The van der Waals surface area contributed by atoms with Gasteiger partial charge in [0.05, 0.1) is 17.8 Å². The number of nitrogens with zero attached hydrogens (tertiary/aromatic N) is 4. The van der Waals surface area contributed by atoms with Gasteiger partial charge in [0.25, 0.3) is 0 Å². The molecular weight excluding hydrogens is 332 g/mol. The van der Waals surface area contributed by atoms with Crippen LogP contribution in [-0.2, 0) is 9.59 Å². The summed E-state index contributed by atoms with van der Waals surface area (Å²) >= 11 is 0. The highest BCUT2D eigenvalue weighted by Crippen LogP contribution is 2.34. The normalized spacial score (nSPS) is 25.2. The lowest BCUT2D eigenvalue weighted by Crippen LogP contribution is -2.45. The summed E-state index contributed by atoms with van der Waals surface area (Å²) in [6.07, 6.45) is 6.65. The van der Waals surface area contributed by atoms with Gasteiger partial charge >= 0.3 is 0 Å². The van der Waals surface area contributed by atoms with Crippen molar-refractivity contribution in [3.05, 3.63) is 11.9 Å². The van der Waals surface area contributed by atoms with Gasteiger partial charge in [-0.3, -0.25) is 9.59 Å². The highest BCUT2D eigenvalue weighted by atomic mass is 16.3. The monoisotopic (exact) mass is 362 g/mol. The van der Waals surface area contributed by atoms with Gasteiger partial charge in [0, 0.05) is 31.5 Å². The van der Waals surface area contributed by atoms with Crippen LogP contribution in [0.3, 0.4) is 0 Å². The van der Waals surface area contributed by atoms with E-state index in [9.17, 15) is 14.7 Å². The molecule has 1 aliphatic carbocycles. The molecule has 1 N–H and O–H groups in total. The zero-order valence-corrected chi connectivity index (χ0v) is 16.0. The van der Waals surface area contributed by atoms with E-state index in [1.54, 1.807) is 16.5 Å². The summed E-state index contributed by atoms with van der Waals surface area (Å²) in [7, 11) is 0. The van der Waals surface area contributed by atoms with E-state index in [1.165, 1.54) is 12.8 Å².